The summed E-state index contributed by atoms with van der Waals surface area (Å²) in [6, 6.07) is 5.77. The molecule has 1 aromatic heterocycles. The second-order valence-corrected chi connectivity index (χ2v) is 5.74. The highest BCUT2D eigenvalue weighted by atomic mass is 32.2. The van der Waals surface area contributed by atoms with Gasteiger partial charge in [-0.3, -0.25) is 0 Å². The van der Waals surface area contributed by atoms with Gasteiger partial charge in [-0.05, 0) is 17.7 Å². The van der Waals surface area contributed by atoms with E-state index in [1.807, 2.05) is 6.92 Å². The number of halogens is 1. The molecule has 0 saturated carbocycles. The normalized spacial score (nSPS) is 11.7. The molecule has 0 unspecified atom stereocenters. The molecule has 2 N–H and O–H groups in total. The number of nitrogens with one attached hydrogen (secondary N) is 2. The molecule has 0 amide bonds. The van der Waals surface area contributed by atoms with Gasteiger partial charge in [-0.15, -0.1) is 0 Å². The van der Waals surface area contributed by atoms with E-state index in [0.717, 1.165) is 0 Å². The van der Waals surface area contributed by atoms with E-state index in [0.29, 0.717) is 17.8 Å². The molecule has 0 aliphatic rings. The third-order valence-electron chi connectivity index (χ3n) is 2.58. The van der Waals surface area contributed by atoms with Crippen LogP contribution in [0.1, 0.15) is 18.3 Å². The van der Waals surface area contributed by atoms with Gasteiger partial charge < -0.3 is 4.98 Å². The Hall–Kier alpha value is -1.73. The Morgan fingerprint density at radius 1 is 1.42 bits per heavy atom. The number of hydrogen-bond acceptors (Lipinski definition) is 3. The Morgan fingerprint density at radius 2 is 2.21 bits per heavy atom. The molecule has 1 aromatic carbocycles. The first-order valence-corrected chi connectivity index (χ1v) is 7.27. The number of sulfonamides is 1. The average molecular weight is 283 g/mol. The Bertz CT molecular complexity index is 667. The lowest BCUT2D eigenvalue weighted by Crippen LogP contribution is -2.23. The number of nitrogens with zero attached hydrogens (tertiary/aromatic N) is 1. The molecule has 0 radical (unpaired) electrons. The molecule has 2 rings (SSSR count). The van der Waals surface area contributed by atoms with Gasteiger partial charge in [0.15, 0.2) is 5.03 Å². The third-order valence-corrected chi connectivity index (χ3v) is 3.90. The Balaban J connectivity index is 2.09. The van der Waals surface area contributed by atoms with Crippen LogP contribution >= 0.6 is 0 Å². The van der Waals surface area contributed by atoms with Gasteiger partial charge in [0, 0.05) is 13.0 Å². The van der Waals surface area contributed by atoms with E-state index in [1.165, 1.54) is 24.4 Å². The van der Waals surface area contributed by atoms with Crippen LogP contribution in [-0.4, -0.2) is 18.4 Å². The highest BCUT2D eigenvalue weighted by molar-refractivity contribution is 7.89. The average Bonchev–Trinajstić information content (AvgIpc) is 2.86. The van der Waals surface area contributed by atoms with Crippen LogP contribution in [0.2, 0.25) is 0 Å². The summed E-state index contributed by atoms with van der Waals surface area (Å²) < 4.78 is 39.2. The first-order valence-electron chi connectivity index (χ1n) is 5.79. The second-order valence-electron chi connectivity index (χ2n) is 4.00. The van der Waals surface area contributed by atoms with Crippen molar-refractivity contribution < 1.29 is 12.8 Å². The number of aromatic amines is 1. The zero-order chi connectivity index (χ0) is 13.9. The smallest absolute Gasteiger partial charge is 0.257 e. The van der Waals surface area contributed by atoms with Crippen LogP contribution in [-0.2, 0) is 23.0 Å². The number of aryl methyl sites for hydroxylation is 1. The fourth-order valence-electron chi connectivity index (χ4n) is 1.56. The number of imidazole rings is 1. The zero-order valence-corrected chi connectivity index (χ0v) is 11.2. The second kappa shape index (κ2) is 5.50. The molecule has 19 heavy (non-hydrogen) atoms. The van der Waals surface area contributed by atoms with E-state index >= 15 is 0 Å². The van der Waals surface area contributed by atoms with Gasteiger partial charge in [-0.2, -0.15) is 0 Å². The fraction of sp³-hybridized carbons (Fsp3) is 0.250. The molecule has 0 saturated heterocycles. The standard InChI is InChI=1S/C12H14FN3O2S/c1-2-11-14-8-12(16-11)19(17,18)15-7-9-4-3-5-10(13)6-9/h3-6,8,15H,2,7H2,1H3,(H,14,16). The maximum absolute atomic E-state index is 13.0. The molecule has 0 fully saturated rings. The lowest BCUT2D eigenvalue weighted by molar-refractivity contribution is 0.577. The van der Waals surface area contributed by atoms with Gasteiger partial charge in [0.25, 0.3) is 10.0 Å². The van der Waals surface area contributed by atoms with Crippen LogP contribution in [0.25, 0.3) is 0 Å². The van der Waals surface area contributed by atoms with Gasteiger partial charge in [0.2, 0.25) is 0 Å². The van der Waals surface area contributed by atoms with Gasteiger partial charge in [-0.1, -0.05) is 19.1 Å². The third kappa shape index (κ3) is 3.39. The van der Waals surface area contributed by atoms with Crippen molar-refractivity contribution in [2.45, 2.75) is 24.9 Å². The van der Waals surface area contributed by atoms with Crippen molar-refractivity contribution in [3.05, 3.63) is 47.7 Å². The van der Waals surface area contributed by atoms with Crippen molar-refractivity contribution in [1.29, 1.82) is 0 Å². The molecule has 2 aromatic rings. The van der Waals surface area contributed by atoms with Crippen molar-refractivity contribution in [2.24, 2.45) is 0 Å². The Kier molecular flexibility index (Phi) is 3.96. The zero-order valence-electron chi connectivity index (χ0n) is 10.4. The minimum atomic E-state index is -3.65. The molecule has 102 valence electrons. The van der Waals surface area contributed by atoms with Crippen molar-refractivity contribution in [1.82, 2.24) is 14.7 Å². The first-order chi connectivity index (χ1) is 9.01. The topological polar surface area (TPSA) is 74.8 Å². The Labute approximate surface area is 110 Å². The predicted octanol–water partition coefficient (Wildman–Crippen LogP) is 1.59. The summed E-state index contributed by atoms with van der Waals surface area (Å²) in [5.41, 5.74) is 0.554. The van der Waals surface area contributed by atoms with E-state index in [-0.39, 0.29) is 11.6 Å². The van der Waals surface area contributed by atoms with Crippen molar-refractivity contribution in [3.63, 3.8) is 0 Å². The minimum absolute atomic E-state index is 0.0146. The van der Waals surface area contributed by atoms with Gasteiger partial charge >= 0.3 is 0 Å². The Morgan fingerprint density at radius 3 is 2.84 bits per heavy atom. The van der Waals surface area contributed by atoms with Gasteiger partial charge in [-0.25, -0.2) is 22.5 Å². The highest BCUT2D eigenvalue weighted by Gasteiger charge is 2.16. The van der Waals surface area contributed by atoms with Crippen LogP contribution < -0.4 is 4.72 Å². The van der Waals surface area contributed by atoms with E-state index in [1.54, 1.807) is 6.07 Å². The van der Waals surface area contributed by atoms with E-state index < -0.39 is 15.8 Å². The maximum atomic E-state index is 13.0. The van der Waals surface area contributed by atoms with E-state index in [4.69, 9.17) is 0 Å². The van der Waals surface area contributed by atoms with Crippen LogP contribution in [0.4, 0.5) is 4.39 Å². The highest BCUT2D eigenvalue weighted by Crippen LogP contribution is 2.08. The molecular formula is C12H14FN3O2S. The molecular weight excluding hydrogens is 269 g/mol. The van der Waals surface area contributed by atoms with E-state index in [2.05, 4.69) is 14.7 Å². The number of H-pyrrole nitrogens is 1. The molecule has 0 aliphatic carbocycles. The summed E-state index contributed by atoms with van der Waals surface area (Å²) in [6.45, 7) is 1.90. The fourth-order valence-corrected chi connectivity index (χ4v) is 2.52. The number of rotatable bonds is 5. The van der Waals surface area contributed by atoms with Crippen molar-refractivity contribution in [2.75, 3.05) is 0 Å². The monoisotopic (exact) mass is 283 g/mol. The molecule has 0 aliphatic heterocycles. The number of aromatic nitrogens is 2. The van der Waals surface area contributed by atoms with Crippen LogP contribution in [0, 0.1) is 5.82 Å². The predicted molar refractivity (Wildman–Crippen MR) is 68.4 cm³/mol. The van der Waals surface area contributed by atoms with Gasteiger partial charge in [0.05, 0.1) is 6.20 Å². The molecule has 0 atom stereocenters. The summed E-state index contributed by atoms with van der Waals surface area (Å²) in [4.78, 5) is 6.65. The summed E-state index contributed by atoms with van der Waals surface area (Å²) in [6.07, 6.45) is 1.89. The molecule has 5 nitrogen and oxygen atoms in total. The van der Waals surface area contributed by atoms with Crippen LogP contribution in [0.15, 0.2) is 35.5 Å². The molecule has 0 bridgehead atoms. The van der Waals surface area contributed by atoms with Gasteiger partial charge in [0.1, 0.15) is 11.6 Å². The first kappa shape index (κ1) is 13.7. The molecule has 0 spiro atoms. The van der Waals surface area contributed by atoms with Crippen LogP contribution in [0.5, 0.6) is 0 Å². The lowest BCUT2D eigenvalue weighted by Gasteiger charge is -2.04. The molecule has 7 heteroatoms. The lowest BCUT2D eigenvalue weighted by atomic mass is 10.2. The summed E-state index contributed by atoms with van der Waals surface area (Å²) in [7, 11) is -3.65. The number of benzene rings is 1. The molecule has 1 heterocycles. The maximum Gasteiger partial charge on any atom is 0.257 e. The van der Waals surface area contributed by atoms with E-state index in [9.17, 15) is 12.8 Å². The largest absolute Gasteiger partial charge is 0.332 e. The summed E-state index contributed by atoms with van der Waals surface area (Å²) in [5, 5.41) is 0.0146. The van der Waals surface area contributed by atoms with Crippen molar-refractivity contribution in [3.8, 4) is 0 Å². The summed E-state index contributed by atoms with van der Waals surface area (Å²) >= 11 is 0. The van der Waals surface area contributed by atoms with Crippen molar-refractivity contribution >= 4 is 10.0 Å². The number of hydrogen-bond donors (Lipinski definition) is 2. The quantitative estimate of drug-likeness (QED) is 0.875. The minimum Gasteiger partial charge on any atom is -0.332 e. The van der Waals surface area contributed by atoms with Crippen LogP contribution in [0.3, 0.4) is 0 Å². The summed E-state index contributed by atoms with van der Waals surface area (Å²) in [5.74, 6) is 0.206. The SMILES string of the molecule is CCc1ncc(S(=O)(=O)NCc2cccc(F)c2)[nH]1.